The number of fused-ring (bicyclic) bond motifs is 1. The average Bonchev–Trinajstić information content (AvgIpc) is 2.59. The number of aromatic nitrogens is 2. The molecule has 0 bridgehead atoms. The number of ether oxygens (including phenoxy) is 1. The van der Waals surface area contributed by atoms with Crippen LogP contribution in [0.15, 0.2) is 53.6 Å². The second-order valence-corrected chi connectivity index (χ2v) is 5.98. The van der Waals surface area contributed by atoms with Gasteiger partial charge >= 0.3 is 0 Å². The first-order valence-electron chi connectivity index (χ1n) is 7.99. The number of halogens is 1. The molecule has 0 saturated carbocycles. The van der Waals surface area contributed by atoms with Crippen molar-refractivity contribution in [3.63, 3.8) is 0 Å². The first-order chi connectivity index (χ1) is 12.0. The third-order valence-electron chi connectivity index (χ3n) is 3.91. The number of hydrogen-bond acceptors (Lipinski definition) is 4. The van der Waals surface area contributed by atoms with Crippen LogP contribution in [0.4, 0.5) is 4.39 Å². The van der Waals surface area contributed by atoms with Crippen molar-refractivity contribution >= 4 is 10.9 Å². The molecule has 0 radical (unpaired) electrons. The van der Waals surface area contributed by atoms with E-state index in [0.29, 0.717) is 16.5 Å². The van der Waals surface area contributed by atoms with Gasteiger partial charge in [0.05, 0.1) is 43.1 Å². The van der Waals surface area contributed by atoms with Gasteiger partial charge in [0.25, 0.3) is 5.56 Å². The van der Waals surface area contributed by atoms with Crippen LogP contribution in [0, 0.1) is 12.7 Å². The van der Waals surface area contributed by atoms with Crippen molar-refractivity contribution in [3.05, 3.63) is 76.1 Å². The SMILES string of the molecule is Cc1ccc2ncn(C[C@@H](O)COCc3ccccc3F)c(=O)c2c1. The Morgan fingerprint density at radius 2 is 2.08 bits per heavy atom. The zero-order valence-electron chi connectivity index (χ0n) is 13.9. The summed E-state index contributed by atoms with van der Waals surface area (Å²) in [6.07, 6.45) is 0.522. The molecule has 1 aromatic heterocycles. The molecular formula is C19H19FN2O3. The van der Waals surface area contributed by atoms with Gasteiger partial charge in [-0.15, -0.1) is 0 Å². The van der Waals surface area contributed by atoms with E-state index in [9.17, 15) is 14.3 Å². The molecule has 130 valence electrons. The van der Waals surface area contributed by atoms with Crippen molar-refractivity contribution in [2.45, 2.75) is 26.2 Å². The number of hydrogen-bond donors (Lipinski definition) is 1. The van der Waals surface area contributed by atoms with Gasteiger partial charge in [-0.25, -0.2) is 9.37 Å². The molecule has 0 aliphatic rings. The lowest BCUT2D eigenvalue weighted by Gasteiger charge is -2.13. The fourth-order valence-corrected chi connectivity index (χ4v) is 2.60. The van der Waals surface area contributed by atoms with Gasteiger partial charge in [0.1, 0.15) is 5.82 Å². The predicted molar refractivity (Wildman–Crippen MR) is 92.8 cm³/mol. The Kier molecular flexibility index (Phi) is 5.21. The first kappa shape index (κ1) is 17.3. The van der Waals surface area contributed by atoms with E-state index in [-0.39, 0.29) is 31.1 Å². The molecule has 3 rings (SSSR count). The average molecular weight is 342 g/mol. The summed E-state index contributed by atoms with van der Waals surface area (Å²) in [4.78, 5) is 16.7. The van der Waals surface area contributed by atoms with E-state index >= 15 is 0 Å². The van der Waals surface area contributed by atoms with Crippen LogP contribution in [-0.4, -0.2) is 27.4 Å². The van der Waals surface area contributed by atoms with Crippen LogP contribution in [0.2, 0.25) is 0 Å². The predicted octanol–water partition coefficient (Wildman–Crippen LogP) is 2.42. The van der Waals surface area contributed by atoms with Crippen molar-refractivity contribution in [2.75, 3.05) is 6.61 Å². The molecule has 3 aromatic rings. The molecule has 0 fully saturated rings. The maximum atomic E-state index is 13.5. The third-order valence-corrected chi connectivity index (χ3v) is 3.91. The van der Waals surface area contributed by atoms with Crippen LogP contribution < -0.4 is 5.56 Å². The summed E-state index contributed by atoms with van der Waals surface area (Å²) in [7, 11) is 0. The van der Waals surface area contributed by atoms with Crippen molar-refractivity contribution in [1.29, 1.82) is 0 Å². The summed E-state index contributed by atoms with van der Waals surface area (Å²) in [6, 6.07) is 11.8. The van der Waals surface area contributed by atoms with Gasteiger partial charge in [-0.1, -0.05) is 29.8 Å². The van der Waals surface area contributed by atoms with Gasteiger partial charge in [-0.3, -0.25) is 9.36 Å². The Labute approximate surface area is 144 Å². The van der Waals surface area contributed by atoms with Crippen LogP contribution in [0.5, 0.6) is 0 Å². The fraction of sp³-hybridized carbons (Fsp3) is 0.263. The second-order valence-electron chi connectivity index (χ2n) is 5.98. The lowest BCUT2D eigenvalue weighted by atomic mass is 10.2. The number of nitrogens with zero attached hydrogens (tertiary/aromatic N) is 2. The number of benzene rings is 2. The molecule has 0 amide bonds. The molecule has 2 aromatic carbocycles. The van der Waals surface area contributed by atoms with Gasteiger partial charge in [0.2, 0.25) is 0 Å². The van der Waals surface area contributed by atoms with Crippen molar-refractivity contribution in [3.8, 4) is 0 Å². The third kappa shape index (κ3) is 4.10. The molecule has 0 spiro atoms. The molecule has 5 nitrogen and oxygen atoms in total. The molecule has 0 aliphatic heterocycles. The van der Waals surface area contributed by atoms with Crippen LogP contribution >= 0.6 is 0 Å². The molecule has 0 unspecified atom stereocenters. The van der Waals surface area contributed by atoms with Crippen LogP contribution in [0.25, 0.3) is 10.9 Å². The highest BCUT2D eigenvalue weighted by molar-refractivity contribution is 5.77. The smallest absolute Gasteiger partial charge is 0.261 e. The van der Waals surface area contributed by atoms with Crippen molar-refractivity contribution < 1.29 is 14.2 Å². The lowest BCUT2D eigenvalue weighted by molar-refractivity contribution is 0.0189. The Balaban J connectivity index is 1.64. The minimum absolute atomic E-state index is 0.00731. The highest BCUT2D eigenvalue weighted by Gasteiger charge is 2.10. The van der Waals surface area contributed by atoms with Crippen LogP contribution in [-0.2, 0) is 17.9 Å². The largest absolute Gasteiger partial charge is 0.389 e. The number of rotatable bonds is 6. The molecule has 1 heterocycles. The Morgan fingerprint density at radius 1 is 1.28 bits per heavy atom. The normalized spacial score (nSPS) is 12.4. The van der Waals surface area contributed by atoms with Crippen LogP contribution in [0.1, 0.15) is 11.1 Å². The zero-order valence-corrected chi connectivity index (χ0v) is 13.9. The maximum Gasteiger partial charge on any atom is 0.261 e. The minimum atomic E-state index is -0.895. The monoisotopic (exact) mass is 342 g/mol. The lowest BCUT2D eigenvalue weighted by Crippen LogP contribution is -2.29. The summed E-state index contributed by atoms with van der Waals surface area (Å²) >= 11 is 0. The highest BCUT2D eigenvalue weighted by atomic mass is 19.1. The zero-order chi connectivity index (χ0) is 17.8. The van der Waals surface area contributed by atoms with Gasteiger partial charge < -0.3 is 9.84 Å². The number of aryl methyl sites for hydroxylation is 1. The Morgan fingerprint density at radius 3 is 2.88 bits per heavy atom. The number of aliphatic hydroxyl groups excluding tert-OH is 1. The molecule has 0 saturated heterocycles. The van der Waals surface area contributed by atoms with Gasteiger partial charge in [-0.2, -0.15) is 0 Å². The molecule has 6 heteroatoms. The summed E-state index contributed by atoms with van der Waals surface area (Å²) in [5.41, 5.74) is 1.81. The minimum Gasteiger partial charge on any atom is -0.389 e. The molecule has 1 N–H and O–H groups in total. The van der Waals surface area contributed by atoms with E-state index in [4.69, 9.17) is 4.74 Å². The van der Waals surface area contributed by atoms with Gasteiger partial charge in [0, 0.05) is 5.56 Å². The first-order valence-corrected chi connectivity index (χ1v) is 7.99. The standard InChI is InChI=1S/C19H19FN2O3/c1-13-6-7-18-16(8-13)19(24)22(12-21-18)9-15(23)11-25-10-14-4-2-3-5-17(14)20/h2-8,12,15,23H,9-11H2,1H3/t15-/m1/s1. The Hall–Kier alpha value is -2.57. The summed E-state index contributed by atoms with van der Waals surface area (Å²) in [6.45, 7) is 2.02. The molecule has 25 heavy (non-hydrogen) atoms. The fourth-order valence-electron chi connectivity index (χ4n) is 2.60. The van der Waals surface area contributed by atoms with Gasteiger partial charge in [0.15, 0.2) is 0 Å². The molecule has 0 aliphatic carbocycles. The quantitative estimate of drug-likeness (QED) is 0.747. The number of aliphatic hydroxyl groups is 1. The molecule has 1 atom stereocenters. The summed E-state index contributed by atoms with van der Waals surface area (Å²) < 4.78 is 20.2. The maximum absolute atomic E-state index is 13.5. The Bertz CT molecular complexity index is 939. The van der Waals surface area contributed by atoms with E-state index < -0.39 is 6.10 Å². The van der Waals surface area contributed by atoms with Crippen LogP contribution in [0.3, 0.4) is 0 Å². The van der Waals surface area contributed by atoms with E-state index in [2.05, 4.69) is 4.98 Å². The van der Waals surface area contributed by atoms with E-state index in [1.807, 2.05) is 13.0 Å². The summed E-state index contributed by atoms with van der Waals surface area (Å²) in [5, 5.41) is 10.6. The van der Waals surface area contributed by atoms with Gasteiger partial charge in [-0.05, 0) is 25.1 Å². The summed E-state index contributed by atoms with van der Waals surface area (Å²) in [5.74, 6) is -0.345. The van der Waals surface area contributed by atoms with E-state index in [0.717, 1.165) is 5.56 Å². The second kappa shape index (κ2) is 7.55. The highest BCUT2D eigenvalue weighted by Crippen LogP contribution is 2.10. The molecular weight excluding hydrogens is 323 g/mol. The van der Waals surface area contributed by atoms with E-state index in [1.54, 1.807) is 30.3 Å². The topological polar surface area (TPSA) is 64.3 Å². The van der Waals surface area contributed by atoms with E-state index in [1.165, 1.54) is 17.0 Å². The van der Waals surface area contributed by atoms with Crippen molar-refractivity contribution in [1.82, 2.24) is 9.55 Å². The van der Waals surface area contributed by atoms with Crippen molar-refractivity contribution in [2.24, 2.45) is 0 Å².